The highest BCUT2D eigenvalue weighted by molar-refractivity contribution is 5.99. The fourth-order valence-electron chi connectivity index (χ4n) is 6.57. The number of fused-ring (bicyclic) bond motifs is 1. The molecule has 6 heteroatoms. The van der Waals surface area contributed by atoms with Crippen LogP contribution in [-0.4, -0.2) is 58.7 Å². The Hall–Kier alpha value is -3.22. The smallest absolute Gasteiger partial charge is 0.0859 e. The third-order valence-electron chi connectivity index (χ3n) is 8.45. The van der Waals surface area contributed by atoms with Gasteiger partial charge >= 0.3 is 0 Å². The molecule has 1 saturated heterocycles. The average molecular weight is 480 g/mol. The molecule has 1 fully saturated rings. The van der Waals surface area contributed by atoms with Gasteiger partial charge in [0, 0.05) is 43.3 Å². The lowest BCUT2D eigenvalue weighted by molar-refractivity contribution is 0.0255. The van der Waals surface area contributed by atoms with Gasteiger partial charge in [-0.1, -0.05) is 30.3 Å². The predicted octanol–water partition coefficient (Wildman–Crippen LogP) is 4.73. The Kier molecular flexibility index (Phi) is 5.51. The SMILES string of the molecule is C[C@@H]1CN(c2ccc3c4c(cccc24)CC3)CCN1CC[C@@H]1OCCc2cc(-n3nccn3)ccc21. The Balaban J connectivity index is 1.03. The Labute approximate surface area is 212 Å². The van der Waals surface area contributed by atoms with Gasteiger partial charge in [-0.2, -0.15) is 15.0 Å². The molecule has 2 atom stereocenters. The second-order valence-electron chi connectivity index (χ2n) is 10.5. The molecule has 0 unspecified atom stereocenters. The van der Waals surface area contributed by atoms with Crippen molar-refractivity contribution in [3.05, 3.63) is 83.2 Å². The van der Waals surface area contributed by atoms with E-state index in [1.165, 1.54) is 51.6 Å². The first kappa shape index (κ1) is 22.0. The molecule has 1 aliphatic carbocycles. The molecule has 3 aliphatic rings. The topological polar surface area (TPSA) is 46.4 Å². The molecule has 0 saturated carbocycles. The molecular weight excluding hydrogens is 446 g/mol. The number of piperazine rings is 1. The van der Waals surface area contributed by atoms with Gasteiger partial charge in [-0.15, -0.1) is 0 Å². The van der Waals surface area contributed by atoms with Gasteiger partial charge in [-0.05, 0) is 78.4 Å². The Bertz CT molecular complexity index is 1390. The van der Waals surface area contributed by atoms with Crippen LogP contribution in [0.2, 0.25) is 0 Å². The van der Waals surface area contributed by atoms with Crippen molar-refractivity contribution in [2.75, 3.05) is 37.7 Å². The van der Waals surface area contributed by atoms with E-state index in [9.17, 15) is 0 Å². The summed E-state index contributed by atoms with van der Waals surface area (Å²) in [5, 5.41) is 11.5. The molecule has 2 aliphatic heterocycles. The first-order valence-electron chi connectivity index (χ1n) is 13.4. The minimum absolute atomic E-state index is 0.162. The monoisotopic (exact) mass is 479 g/mol. The Morgan fingerprint density at radius 2 is 1.78 bits per heavy atom. The minimum Gasteiger partial charge on any atom is -0.373 e. The number of nitrogens with zero attached hydrogens (tertiary/aromatic N) is 5. The fraction of sp³-hybridized carbons (Fsp3) is 0.400. The van der Waals surface area contributed by atoms with Crippen LogP contribution in [0.4, 0.5) is 5.69 Å². The van der Waals surface area contributed by atoms with Crippen molar-refractivity contribution in [2.24, 2.45) is 0 Å². The lowest BCUT2D eigenvalue weighted by Crippen LogP contribution is -2.52. The molecule has 0 spiro atoms. The van der Waals surface area contributed by atoms with E-state index < -0.39 is 0 Å². The maximum absolute atomic E-state index is 6.25. The zero-order valence-electron chi connectivity index (χ0n) is 20.9. The molecular formula is C30H33N5O. The van der Waals surface area contributed by atoms with Crippen LogP contribution >= 0.6 is 0 Å². The van der Waals surface area contributed by atoms with Gasteiger partial charge in [0.15, 0.2) is 0 Å². The van der Waals surface area contributed by atoms with Crippen LogP contribution in [0.25, 0.3) is 16.5 Å². The van der Waals surface area contributed by atoms with Crippen LogP contribution in [0, 0.1) is 0 Å². The molecule has 3 aromatic carbocycles. The largest absolute Gasteiger partial charge is 0.373 e. The van der Waals surface area contributed by atoms with E-state index in [-0.39, 0.29) is 6.10 Å². The molecule has 36 heavy (non-hydrogen) atoms. The van der Waals surface area contributed by atoms with Crippen LogP contribution in [0.1, 0.15) is 41.7 Å². The van der Waals surface area contributed by atoms with Gasteiger partial charge in [0.1, 0.15) is 0 Å². The maximum atomic E-state index is 6.25. The van der Waals surface area contributed by atoms with Crippen LogP contribution in [0.3, 0.4) is 0 Å². The predicted molar refractivity (Wildman–Crippen MR) is 143 cm³/mol. The van der Waals surface area contributed by atoms with Crippen LogP contribution < -0.4 is 4.90 Å². The van der Waals surface area contributed by atoms with E-state index >= 15 is 0 Å². The number of ether oxygens (including phenoxy) is 1. The highest BCUT2D eigenvalue weighted by Gasteiger charge is 2.28. The van der Waals surface area contributed by atoms with Gasteiger partial charge in [0.2, 0.25) is 0 Å². The zero-order valence-corrected chi connectivity index (χ0v) is 20.9. The first-order valence-corrected chi connectivity index (χ1v) is 13.4. The van der Waals surface area contributed by atoms with E-state index in [0.717, 1.165) is 51.3 Å². The number of anilines is 1. The molecule has 184 valence electrons. The number of benzene rings is 3. The van der Waals surface area contributed by atoms with Crippen molar-refractivity contribution in [2.45, 2.75) is 44.8 Å². The highest BCUT2D eigenvalue weighted by Crippen LogP contribution is 2.37. The number of aromatic nitrogens is 3. The number of aryl methyl sites for hydroxylation is 2. The summed E-state index contributed by atoms with van der Waals surface area (Å²) in [6.45, 7) is 7.46. The van der Waals surface area contributed by atoms with Gasteiger partial charge in [-0.3, -0.25) is 4.90 Å². The van der Waals surface area contributed by atoms with E-state index in [4.69, 9.17) is 4.74 Å². The molecule has 4 aromatic rings. The average Bonchev–Trinajstić information content (AvgIpc) is 3.60. The summed E-state index contributed by atoms with van der Waals surface area (Å²) in [5.41, 5.74) is 8.18. The minimum atomic E-state index is 0.162. The second kappa shape index (κ2) is 9.02. The van der Waals surface area contributed by atoms with Gasteiger partial charge in [-0.25, -0.2) is 0 Å². The van der Waals surface area contributed by atoms with E-state index in [1.807, 2.05) is 0 Å². The first-order chi connectivity index (χ1) is 17.7. The van der Waals surface area contributed by atoms with Crippen LogP contribution in [-0.2, 0) is 24.0 Å². The molecule has 3 heterocycles. The zero-order chi connectivity index (χ0) is 24.1. The van der Waals surface area contributed by atoms with Crippen molar-refractivity contribution >= 4 is 16.5 Å². The van der Waals surface area contributed by atoms with Crippen LogP contribution in [0.15, 0.2) is 60.9 Å². The number of hydrogen-bond donors (Lipinski definition) is 0. The highest BCUT2D eigenvalue weighted by atomic mass is 16.5. The van der Waals surface area contributed by atoms with Gasteiger partial charge in [0.05, 0.1) is 30.8 Å². The van der Waals surface area contributed by atoms with Gasteiger partial charge in [0.25, 0.3) is 0 Å². The van der Waals surface area contributed by atoms with Crippen molar-refractivity contribution in [1.29, 1.82) is 0 Å². The van der Waals surface area contributed by atoms with Gasteiger partial charge < -0.3 is 9.64 Å². The lowest BCUT2D eigenvalue weighted by Gasteiger charge is -2.42. The molecule has 7 rings (SSSR count). The quantitative estimate of drug-likeness (QED) is 0.414. The molecule has 0 radical (unpaired) electrons. The number of rotatable bonds is 5. The summed E-state index contributed by atoms with van der Waals surface area (Å²) in [7, 11) is 0. The molecule has 6 nitrogen and oxygen atoms in total. The van der Waals surface area contributed by atoms with E-state index in [2.05, 4.69) is 75.5 Å². The Morgan fingerprint density at radius 3 is 2.64 bits per heavy atom. The fourth-order valence-corrected chi connectivity index (χ4v) is 6.57. The summed E-state index contributed by atoms with van der Waals surface area (Å²) >= 11 is 0. The third kappa shape index (κ3) is 3.80. The van der Waals surface area contributed by atoms with Crippen molar-refractivity contribution in [3.63, 3.8) is 0 Å². The Morgan fingerprint density at radius 1 is 0.917 bits per heavy atom. The second-order valence-corrected chi connectivity index (χ2v) is 10.5. The van der Waals surface area contributed by atoms with Crippen LogP contribution in [0.5, 0.6) is 0 Å². The third-order valence-corrected chi connectivity index (χ3v) is 8.45. The molecule has 0 amide bonds. The summed E-state index contributed by atoms with van der Waals surface area (Å²) in [6.07, 6.45) is 7.95. The van der Waals surface area contributed by atoms with Crippen molar-refractivity contribution < 1.29 is 4.74 Å². The molecule has 0 N–H and O–H groups in total. The summed E-state index contributed by atoms with van der Waals surface area (Å²) < 4.78 is 6.25. The number of hydrogen-bond acceptors (Lipinski definition) is 5. The molecule has 0 bridgehead atoms. The van der Waals surface area contributed by atoms with Crippen molar-refractivity contribution in [3.8, 4) is 5.69 Å². The standard InChI is InChI=1S/C30H33N5O/c1-21-20-34(28-10-7-23-6-5-22-3-2-4-27(28)30(22)23)17-16-33(21)15-11-29-26-9-8-25(35-31-13-14-32-35)19-24(26)12-18-36-29/h2-4,7-10,13-14,19,21,29H,5-6,11-12,15-18,20H2,1H3/t21-,29+/m1/s1. The summed E-state index contributed by atoms with van der Waals surface area (Å²) in [6, 6.07) is 18.7. The molecule has 1 aromatic heterocycles. The summed E-state index contributed by atoms with van der Waals surface area (Å²) in [4.78, 5) is 6.95. The van der Waals surface area contributed by atoms with E-state index in [0.29, 0.717) is 6.04 Å². The summed E-state index contributed by atoms with van der Waals surface area (Å²) in [5.74, 6) is 0. The van der Waals surface area contributed by atoms with Crippen molar-refractivity contribution in [1.82, 2.24) is 19.9 Å². The normalized spacial score (nSPS) is 21.8. The lowest BCUT2D eigenvalue weighted by atomic mass is 9.94. The maximum Gasteiger partial charge on any atom is 0.0859 e. The van der Waals surface area contributed by atoms with E-state index in [1.54, 1.807) is 17.2 Å².